The molecule has 1 aliphatic heterocycles. The van der Waals surface area contributed by atoms with Gasteiger partial charge in [-0.05, 0) is 19.2 Å². The predicted molar refractivity (Wildman–Crippen MR) is 86.7 cm³/mol. The van der Waals surface area contributed by atoms with E-state index in [1.807, 2.05) is 7.05 Å². The van der Waals surface area contributed by atoms with E-state index in [0.29, 0.717) is 6.54 Å². The molecule has 21 heavy (non-hydrogen) atoms. The van der Waals surface area contributed by atoms with Gasteiger partial charge in [-0.1, -0.05) is 18.2 Å². The maximum absolute atomic E-state index is 11.7. The molecule has 0 saturated carbocycles. The van der Waals surface area contributed by atoms with E-state index in [0.717, 1.165) is 39.3 Å². The number of piperazine rings is 1. The molecule has 1 aromatic rings. The van der Waals surface area contributed by atoms with Crippen LogP contribution in [0.25, 0.3) is 0 Å². The predicted octanol–water partition coefficient (Wildman–Crippen LogP) is 0.486. The Bertz CT molecular complexity index is 429. The van der Waals surface area contributed by atoms with Crippen molar-refractivity contribution in [3.8, 4) is 0 Å². The zero-order chi connectivity index (χ0) is 15.1. The van der Waals surface area contributed by atoms with Crippen molar-refractivity contribution in [2.24, 2.45) is 0 Å². The number of nitrogens with zero attached hydrogens (tertiary/aromatic N) is 3. The Morgan fingerprint density at radius 3 is 2.48 bits per heavy atom. The first kappa shape index (κ1) is 15.8. The molecule has 0 bridgehead atoms. The van der Waals surface area contributed by atoms with Crippen LogP contribution in [0.4, 0.5) is 5.69 Å². The number of carbonyl (C=O) groups excluding carboxylic acids is 1. The molecule has 5 nitrogen and oxygen atoms in total. The summed E-state index contributed by atoms with van der Waals surface area (Å²) >= 11 is 0. The van der Waals surface area contributed by atoms with Gasteiger partial charge in [-0.3, -0.25) is 9.69 Å². The third kappa shape index (κ3) is 4.72. The van der Waals surface area contributed by atoms with E-state index in [-0.39, 0.29) is 5.91 Å². The first-order valence-electron chi connectivity index (χ1n) is 7.61. The molecule has 1 heterocycles. The van der Waals surface area contributed by atoms with Crippen LogP contribution in [0.3, 0.4) is 0 Å². The molecule has 5 heteroatoms. The van der Waals surface area contributed by atoms with Crippen LogP contribution in [0.2, 0.25) is 0 Å². The van der Waals surface area contributed by atoms with E-state index in [4.69, 9.17) is 0 Å². The lowest BCUT2D eigenvalue weighted by Gasteiger charge is -2.36. The van der Waals surface area contributed by atoms with E-state index >= 15 is 0 Å². The van der Waals surface area contributed by atoms with Crippen molar-refractivity contribution in [2.45, 2.75) is 0 Å². The molecule has 2 rings (SSSR count). The van der Waals surface area contributed by atoms with Crippen LogP contribution in [-0.2, 0) is 4.79 Å². The molecule has 1 aliphatic rings. The molecular weight excluding hydrogens is 264 g/mol. The van der Waals surface area contributed by atoms with Gasteiger partial charge in [-0.15, -0.1) is 0 Å². The average molecular weight is 290 g/mol. The van der Waals surface area contributed by atoms with E-state index in [1.54, 1.807) is 11.9 Å². The van der Waals surface area contributed by atoms with E-state index < -0.39 is 0 Å². The summed E-state index contributed by atoms with van der Waals surface area (Å²) in [5, 5.41) is 2.90. The van der Waals surface area contributed by atoms with Crippen molar-refractivity contribution in [3.63, 3.8) is 0 Å². The summed E-state index contributed by atoms with van der Waals surface area (Å²) in [4.78, 5) is 18.4. The highest BCUT2D eigenvalue weighted by molar-refractivity contribution is 5.77. The second-order valence-electron chi connectivity index (χ2n) is 5.51. The summed E-state index contributed by atoms with van der Waals surface area (Å²) in [5.74, 6) is 0.153. The fourth-order valence-electron chi connectivity index (χ4n) is 2.57. The molecule has 1 fully saturated rings. The molecule has 116 valence electrons. The molecule has 0 atom stereocenters. The second kappa shape index (κ2) is 8.00. The van der Waals surface area contributed by atoms with Crippen LogP contribution < -0.4 is 10.2 Å². The first-order chi connectivity index (χ1) is 10.2. The number of benzene rings is 1. The topological polar surface area (TPSA) is 38.8 Å². The smallest absolute Gasteiger partial charge is 0.236 e. The van der Waals surface area contributed by atoms with Crippen molar-refractivity contribution < 1.29 is 4.79 Å². The fourth-order valence-corrected chi connectivity index (χ4v) is 2.57. The summed E-state index contributed by atoms with van der Waals surface area (Å²) in [7, 11) is 3.68. The van der Waals surface area contributed by atoms with Gasteiger partial charge >= 0.3 is 0 Å². The van der Waals surface area contributed by atoms with Crippen LogP contribution in [0, 0.1) is 0 Å². The summed E-state index contributed by atoms with van der Waals surface area (Å²) in [6.07, 6.45) is 0. The number of anilines is 1. The lowest BCUT2D eigenvalue weighted by molar-refractivity contribution is -0.129. The number of rotatable bonds is 6. The van der Waals surface area contributed by atoms with Crippen molar-refractivity contribution in [1.82, 2.24) is 15.1 Å². The number of hydrogen-bond donors (Lipinski definition) is 1. The molecule has 1 aromatic carbocycles. The molecule has 1 N–H and O–H groups in total. The summed E-state index contributed by atoms with van der Waals surface area (Å²) in [6, 6.07) is 10.6. The second-order valence-corrected chi connectivity index (χ2v) is 5.51. The van der Waals surface area contributed by atoms with Crippen LogP contribution in [0.5, 0.6) is 0 Å². The van der Waals surface area contributed by atoms with E-state index in [1.165, 1.54) is 5.69 Å². The van der Waals surface area contributed by atoms with Crippen LogP contribution in [0.1, 0.15) is 0 Å². The summed E-state index contributed by atoms with van der Waals surface area (Å²) in [6.45, 7) is 6.39. The van der Waals surface area contributed by atoms with Gasteiger partial charge in [0.1, 0.15) is 0 Å². The van der Waals surface area contributed by atoms with Gasteiger partial charge in [0.2, 0.25) is 5.91 Å². The minimum atomic E-state index is 0.153. The molecular formula is C16H26N4O. The first-order valence-corrected chi connectivity index (χ1v) is 7.61. The zero-order valence-corrected chi connectivity index (χ0v) is 13.1. The Hall–Kier alpha value is -1.59. The lowest BCUT2D eigenvalue weighted by atomic mass is 10.2. The standard InChI is InChI=1S/C16H26N4O/c1-17-14-16(21)18(2)8-9-19-10-12-20(13-11-19)15-6-4-3-5-7-15/h3-7,17H,8-14H2,1-2H3. The number of nitrogens with one attached hydrogen (secondary N) is 1. The van der Waals surface area contributed by atoms with Crippen LogP contribution in [-0.4, -0.2) is 75.6 Å². The van der Waals surface area contributed by atoms with Crippen molar-refractivity contribution in [3.05, 3.63) is 30.3 Å². The Morgan fingerprint density at radius 2 is 1.86 bits per heavy atom. The van der Waals surface area contributed by atoms with Gasteiger partial charge in [0.15, 0.2) is 0 Å². The molecule has 0 aromatic heterocycles. The number of hydrogen-bond acceptors (Lipinski definition) is 4. The Kier molecular flexibility index (Phi) is 6.02. The van der Waals surface area contributed by atoms with Gasteiger partial charge in [0.25, 0.3) is 0 Å². The molecule has 1 amide bonds. The fraction of sp³-hybridized carbons (Fsp3) is 0.562. The molecule has 0 unspecified atom stereocenters. The maximum atomic E-state index is 11.7. The molecule has 0 spiro atoms. The highest BCUT2D eigenvalue weighted by atomic mass is 16.2. The maximum Gasteiger partial charge on any atom is 0.236 e. The summed E-state index contributed by atoms with van der Waals surface area (Å²) in [5.41, 5.74) is 1.30. The number of para-hydroxylation sites is 1. The summed E-state index contributed by atoms with van der Waals surface area (Å²) < 4.78 is 0. The number of amides is 1. The van der Waals surface area contributed by atoms with Gasteiger partial charge in [-0.25, -0.2) is 0 Å². The van der Waals surface area contributed by atoms with Crippen molar-refractivity contribution >= 4 is 11.6 Å². The van der Waals surface area contributed by atoms with Crippen molar-refractivity contribution in [1.29, 1.82) is 0 Å². The average Bonchev–Trinajstić information content (AvgIpc) is 2.54. The lowest BCUT2D eigenvalue weighted by Crippen LogP contribution is -2.49. The van der Waals surface area contributed by atoms with Crippen LogP contribution in [0.15, 0.2) is 30.3 Å². The van der Waals surface area contributed by atoms with Crippen LogP contribution >= 0.6 is 0 Å². The van der Waals surface area contributed by atoms with Gasteiger partial charge in [0.05, 0.1) is 6.54 Å². The third-order valence-corrected chi connectivity index (χ3v) is 4.00. The van der Waals surface area contributed by atoms with Gasteiger partial charge in [-0.2, -0.15) is 0 Å². The quantitative estimate of drug-likeness (QED) is 0.827. The van der Waals surface area contributed by atoms with E-state index in [9.17, 15) is 4.79 Å². The van der Waals surface area contributed by atoms with Gasteiger partial charge in [0, 0.05) is 52.0 Å². The minimum absolute atomic E-state index is 0.153. The Balaban J connectivity index is 1.71. The Morgan fingerprint density at radius 1 is 1.19 bits per heavy atom. The normalized spacial score (nSPS) is 16.0. The SMILES string of the molecule is CNCC(=O)N(C)CCN1CCN(c2ccccc2)CC1. The third-order valence-electron chi connectivity index (χ3n) is 4.00. The highest BCUT2D eigenvalue weighted by Gasteiger charge is 2.17. The number of carbonyl (C=O) groups is 1. The molecule has 1 saturated heterocycles. The minimum Gasteiger partial charge on any atom is -0.369 e. The molecule has 0 aliphatic carbocycles. The monoisotopic (exact) mass is 290 g/mol. The highest BCUT2D eigenvalue weighted by Crippen LogP contribution is 2.15. The van der Waals surface area contributed by atoms with E-state index in [2.05, 4.69) is 45.4 Å². The zero-order valence-electron chi connectivity index (χ0n) is 13.1. The molecule has 0 radical (unpaired) electrons. The Labute approximate surface area is 127 Å². The number of likely N-dealkylation sites (N-methyl/N-ethyl adjacent to an activating group) is 2. The van der Waals surface area contributed by atoms with Crippen molar-refractivity contribution in [2.75, 3.05) is 64.8 Å². The largest absolute Gasteiger partial charge is 0.369 e. The van der Waals surface area contributed by atoms with Gasteiger partial charge < -0.3 is 15.1 Å².